The summed E-state index contributed by atoms with van der Waals surface area (Å²) >= 11 is 0. The lowest BCUT2D eigenvalue weighted by Crippen LogP contribution is -2.61. The van der Waals surface area contributed by atoms with Crippen LogP contribution in [0.25, 0.3) is 0 Å². The number of nitrogens with one attached hydrogen (secondary N) is 1. The van der Waals surface area contributed by atoms with Crippen LogP contribution >= 0.6 is 0 Å². The standard InChI is InChI=1S/C27H34N2O3/c1-32-25-15-22(28-26(31)20-6-3-2-4-7-20)16-27(21-8-5-9-23(30)14-21)12-13-29(18-24(25)27)17-19-10-11-19/h2-9,14,19,22,24-25,30H,10-13,15-18H2,1H3,(H,28,31)/t22-,24-,25?,27-/m0/s1. The highest BCUT2D eigenvalue weighted by Gasteiger charge is 2.53. The summed E-state index contributed by atoms with van der Waals surface area (Å²) in [6.07, 6.45) is 5.49. The molecule has 1 aliphatic heterocycles. The van der Waals surface area contributed by atoms with Gasteiger partial charge < -0.3 is 20.1 Å². The number of amides is 1. The van der Waals surface area contributed by atoms with Gasteiger partial charge in [-0.05, 0) is 74.4 Å². The molecule has 3 aliphatic rings. The Morgan fingerprint density at radius 1 is 1.19 bits per heavy atom. The van der Waals surface area contributed by atoms with E-state index in [0.29, 0.717) is 17.2 Å². The second-order valence-electron chi connectivity index (χ2n) is 10.0. The van der Waals surface area contributed by atoms with Gasteiger partial charge in [-0.15, -0.1) is 0 Å². The van der Waals surface area contributed by atoms with E-state index in [-0.39, 0.29) is 23.5 Å². The predicted molar refractivity (Wildman–Crippen MR) is 125 cm³/mol. The van der Waals surface area contributed by atoms with Crippen molar-refractivity contribution < 1.29 is 14.6 Å². The predicted octanol–water partition coefficient (Wildman–Crippen LogP) is 3.97. The number of rotatable bonds is 6. The van der Waals surface area contributed by atoms with Crippen molar-refractivity contribution in [2.24, 2.45) is 11.8 Å². The van der Waals surface area contributed by atoms with Crippen LogP contribution in [0.15, 0.2) is 54.6 Å². The number of likely N-dealkylation sites (tertiary alicyclic amines) is 1. The molecule has 2 aromatic rings. The third kappa shape index (κ3) is 4.28. The molecule has 0 spiro atoms. The first-order chi connectivity index (χ1) is 15.6. The maximum Gasteiger partial charge on any atom is 0.251 e. The van der Waals surface area contributed by atoms with Gasteiger partial charge in [-0.25, -0.2) is 0 Å². The van der Waals surface area contributed by atoms with Gasteiger partial charge in [-0.1, -0.05) is 30.3 Å². The molecule has 32 heavy (non-hydrogen) atoms. The number of aromatic hydroxyl groups is 1. The van der Waals surface area contributed by atoms with Gasteiger partial charge in [-0.3, -0.25) is 4.79 Å². The Morgan fingerprint density at radius 3 is 2.72 bits per heavy atom. The molecule has 0 radical (unpaired) electrons. The van der Waals surface area contributed by atoms with Crippen LogP contribution in [0.2, 0.25) is 0 Å². The summed E-state index contributed by atoms with van der Waals surface area (Å²) in [5, 5.41) is 13.6. The van der Waals surface area contributed by atoms with E-state index in [1.165, 1.54) is 24.9 Å². The van der Waals surface area contributed by atoms with E-state index >= 15 is 0 Å². The number of phenolic OH excluding ortho intramolecular Hbond substituents is 1. The number of methoxy groups -OCH3 is 1. The first-order valence-electron chi connectivity index (χ1n) is 12.0. The fraction of sp³-hybridized carbons (Fsp3) is 0.519. The summed E-state index contributed by atoms with van der Waals surface area (Å²) < 4.78 is 6.08. The Balaban J connectivity index is 1.44. The first kappa shape index (κ1) is 21.5. The van der Waals surface area contributed by atoms with Gasteiger partial charge in [0.2, 0.25) is 0 Å². The second-order valence-corrected chi connectivity index (χ2v) is 10.0. The minimum absolute atomic E-state index is 0.0267. The summed E-state index contributed by atoms with van der Waals surface area (Å²) in [6.45, 7) is 3.26. The molecule has 1 amide bonds. The van der Waals surface area contributed by atoms with Gasteiger partial charge in [0.25, 0.3) is 5.91 Å². The van der Waals surface area contributed by atoms with Gasteiger partial charge in [0.05, 0.1) is 6.10 Å². The second kappa shape index (κ2) is 8.87. The van der Waals surface area contributed by atoms with Gasteiger partial charge in [0.15, 0.2) is 0 Å². The van der Waals surface area contributed by atoms with Gasteiger partial charge in [0.1, 0.15) is 5.75 Å². The number of ether oxygens (including phenoxy) is 1. The van der Waals surface area contributed by atoms with E-state index in [1.54, 1.807) is 13.2 Å². The number of carbonyl (C=O) groups excluding carboxylic acids is 1. The lowest BCUT2D eigenvalue weighted by Gasteiger charge is -2.55. The Kier molecular flexibility index (Phi) is 5.95. The monoisotopic (exact) mass is 434 g/mol. The summed E-state index contributed by atoms with van der Waals surface area (Å²) in [5.41, 5.74) is 1.75. The zero-order valence-electron chi connectivity index (χ0n) is 18.9. The highest BCUT2D eigenvalue weighted by atomic mass is 16.5. The van der Waals surface area contributed by atoms with Crippen molar-refractivity contribution in [3.8, 4) is 5.75 Å². The summed E-state index contributed by atoms with van der Waals surface area (Å²) in [7, 11) is 1.80. The number of fused-ring (bicyclic) bond motifs is 1. The molecular weight excluding hydrogens is 400 g/mol. The normalized spacial score (nSPS) is 30.5. The molecule has 1 unspecified atom stereocenters. The van der Waals surface area contributed by atoms with Crippen LogP contribution in [-0.2, 0) is 10.2 Å². The number of hydrogen-bond donors (Lipinski definition) is 2. The first-order valence-corrected chi connectivity index (χ1v) is 12.0. The third-order valence-corrected chi connectivity index (χ3v) is 7.92. The van der Waals surface area contributed by atoms with Crippen LogP contribution in [0.5, 0.6) is 5.75 Å². The molecular formula is C27H34N2O3. The highest BCUT2D eigenvalue weighted by molar-refractivity contribution is 5.94. The Morgan fingerprint density at radius 2 is 2.00 bits per heavy atom. The van der Waals surface area contributed by atoms with Crippen LogP contribution in [0.4, 0.5) is 0 Å². The van der Waals surface area contributed by atoms with E-state index < -0.39 is 0 Å². The number of nitrogens with zero attached hydrogens (tertiary/aromatic N) is 1. The van der Waals surface area contributed by atoms with Crippen molar-refractivity contribution in [2.75, 3.05) is 26.7 Å². The SMILES string of the molecule is COC1C[C@H](NC(=O)c2ccccc2)C[C@]2(c3cccc(O)c3)CCN(CC3CC3)C[C@@H]12. The molecule has 170 valence electrons. The third-order valence-electron chi connectivity index (χ3n) is 7.92. The minimum Gasteiger partial charge on any atom is -0.508 e. The average Bonchev–Trinajstić information content (AvgIpc) is 3.63. The highest BCUT2D eigenvalue weighted by Crippen LogP contribution is 2.51. The molecule has 5 nitrogen and oxygen atoms in total. The Labute approximate surface area is 190 Å². The van der Waals surface area contributed by atoms with Crippen LogP contribution in [0, 0.1) is 11.8 Å². The van der Waals surface area contributed by atoms with Crippen LogP contribution in [0.3, 0.4) is 0 Å². The number of hydrogen-bond acceptors (Lipinski definition) is 4. The van der Waals surface area contributed by atoms with Crippen molar-refractivity contribution in [1.82, 2.24) is 10.2 Å². The molecule has 2 N–H and O–H groups in total. The van der Waals surface area contributed by atoms with E-state index in [2.05, 4.69) is 16.3 Å². The molecule has 1 heterocycles. The molecule has 0 bridgehead atoms. The molecule has 4 atom stereocenters. The summed E-state index contributed by atoms with van der Waals surface area (Å²) in [4.78, 5) is 15.6. The Hall–Kier alpha value is -2.37. The maximum absolute atomic E-state index is 12.9. The zero-order chi connectivity index (χ0) is 22.1. The number of phenols is 1. The average molecular weight is 435 g/mol. The molecule has 2 aliphatic carbocycles. The largest absolute Gasteiger partial charge is 0.508 e. The van der Waals surface area contributed by atoms with E-state index in [1.807, 2.05) is 42.5 Å². The lowest BCUT2D eigenvalue weighted by atomic mass is 9.57. The number of piperidine rings is 1. The van der Waals surface area contributed by atoms with Gasteiger partial charge >= 0.3 is 0 Å². The van der Waals surface area contributed by atoms with Gasteiger partial charge in [-0.2, -0.15) is 0 Å². The van der Waals surface area contributed by atoms with E-state index in [0.717, 1.165) is 38.3 Å². The molecule has 0 aromatic heterocycles. The number of carbonyl (C=O) groups is 1. The molecule has 3 fully saturated rings. The topological polar surface area (TPSA) is 61.8 Å². The molecule has 2 aromatic carbocycles. The van der Waals surface area contributed by atoms with Crippen molar-refractivity contribution in [1.29, 1.82) is 0 Å². The molecule has 5 heteroatoms. The molecule has 2 saturated carbocycles. The number of benzene rings is 2. The fourth-order valence-electron chi connectivity index (χ4n) is 6.13. The van der Waals surface area contributed by atoms with Crippen molar-refractivity contribution in [3.63, 3.8) is 0 Å². The van der Waals surface area contributed by atoms with Crippen LogP contribution < -0.4 is 5.32 Å². The van der Waals surface area contributed by atoms with Crippen molar-refractivity contribution in [2.45, 2.75) is 49.7 Å². The Bertz CT molecular complexity index is 945. The molecule has 5 rings (SSSR count). The van der Waals surface area contributed by atoms with E-state index in [9.17, 15) is 9.90 Å². The van der Waals surface area contributed by atoms with E-state index in [4.69, 9.17) is 4.74 Å². The van der Waals surface area contributed by atoms with Crippen LogP contribution in [0.1, 0.15) is 48.0 Å². The van der Waals surface area contributed by atoms with Crippen molar-refractivity contribution in [3.05, 3.63) is 65.7 Å². The van der Waals surface area contributed by atoms with Crippen molar-refractivity contribution >= 4 is 5.91 Å². The fourth-order valence-corrected chi connectivity index (χ4v) is 6.13. The summed E-state index contributed by atoms with van der Waals surface area (Å²) in [5.74, 6) is 1.49. The summed E-state index contributed by atoms with van der Waals surface area (Å²) in [6, 6.07) is 17.2. The molecule has 1 saturated heterocycles. The maximum atomic E-state index is 12.9. The lowest BCUT2D eigenvalue weighted by molar-refractivity contribution is -0.0678. The minimum atomic E-state index is -0.119. The van der Waals surface area contributed by atoms with Crippen LogP contribution in [-0.4, -0.2) is 54.8 Å². The smallest absolute Gasteiger partial charge is 0.251 e. The zero-order valence-corrected chi connectivity index (χ0v) is 18.9. The quantitative estimate of drug-likeness (QED) is 0.722. The van der Waals surface area contributed by atoms with Gasteiger partial charge in [0, 0.05) is 43.1 Å².